The predicted octanol–water partition coefficient (Wildman–Crippen LogP) is 1.21. The van der Waals surface area contributed by atoms with E-state index in [2.05, 4.69) is 15.1 Å². The number of aromatic nitrogens is 3. The first kappa shape index (κ1) is 8.00. The van der Waals surface area contributed by atoms with Crippen LogP contribution in [0.3, 0.4) is 0 Å². The summed E-state index contributed by atoms with van der Waals surface area (Å²) >= 11 is 0. The normalized spacial score (nSPS) is 10.5. The highest BCUT2D eigenvalue weighted by Crippen LogP contribution is 2.12. The molecule has 0 radical (unpaired) electrons. The molecule has 0 bridgehead atoms. The maximum atomic E-state index is 4.94. The van der Waals surface area contributed by atoms with Gasteiger partial charge in [0.15, 0.2) is 5.82 Å². The summed E-state index contributed by atoms with van der Waals surface area (Å²) in [5.74, 6) is 0.695. The summed E-state index contributed by atoms with van der Waals surface area (Å²) < 4.78 is 9.64. The molecule has 0 saturated carbocycles. The fourth-order valence-corrected chi connectivity index (χ4v) is 1.05. The van der Waals surface area contributed by atoms with Gasteiger partial charge in [0.1, 0.15) is 12.0 Å². The van der Waals surface area contributed by atoms with E-state index in [9.17, 15) is 0 Å². The van der Waals surface area contributed by atoms with Crippen LogP contribution in [0.25, 0.3) is 11.5 Å². The van der Waals surface area contributed by atoms with Crippen LogP contribution in [0.1, 0.15) is 5.69 Å². The number of hydrogen-bond donors (Lipinski definition) is 1. The number of imidazole rings is 1. The summed E-state index contributed by atoms with van der Waals surface area (Å²) in [4.78, 5) is 7.18. The third-order valence-corrected chi connectivity index (χ3v) is 1.61. The number of ether oxygens (including phenoxy) is 1. The Morgan fingerprint density at radius 3 is 3.23 bits per heavy atom. The van der Waals surface area contributed by atoms with Gasteiger partial charge < -0.3 is 14.2 Å². The Kier molecular flexibility index (Phi) is 2.09. The Morgan fingerprint density at radius 2 is 2.54 bits per heavy atom. The molecule has 0 spiro atoms. The van der Waals surface area contributed by atoms with Crippen LogP contribution in [0.5, 0.6) is 0 Å². The molecule has 2 heterocycles. The third-order valence-electron chi connectivity index (χ3n) is 1.61. The highest BCUT2D eigenvalue weighted by Gasteiger charge is 2.05. The molecule has 2 rings (SSSR count). The molecule has 0 aliphatic rings. The number of nitrogens with zero attached hydrogens (tertiary/aromatic N) is 2. The summed E-state index contributed by atoms with van der Waals surface area (Å²) in [6, 6.07) is 1.75. The molecule has 0 atom stereocenters. The van der Waals surface area contributed by atoms with Gasteiger partial charge in [0, 0.05) is 13.2 Å². The Labute approximate surface area is 74.7 Å². The predicted molar refractivity (Wildman–Crippen MR) is 44.8 cm³/mol. The summed E-state index contributed by atoms with van der Waals surface area (Å²) in [5, 5.41) is 3.75. The molecule has 2 aromatic heterocycles. The van der Waals surface area contributed by atoms with Crippen molar-refractivity contribution in [3.63, 3.8) is 0 Å². The maximum Gasteiger partial charge on any atom is 0.159 e. The van der Waals surface area contributed by atoms with Gasteiger partial charge in [-0.25, -0.2) is 4.98 Å². The van der Waals surface area contributed by atoms with Crippen molar-refractivity contribution in [3.05, 3.63) is 24.2 Å². The number of methoxy groups -OCH3 is 1. The first-order chi connectivity index (χ1) is 6.40. The van der Waals surface area contributed by atoms with Crippen molar-refractivity contribution in [1.29, 1.82) is 0 Å². The summed E-state index contributed by atoms with van der Waals surface area (Å²) in [6.45, 7) is 0.519. The van der Waals surface area contributed by atoms with Gasteiger partial charge in [-0.3, -0.25) is 0 Å². The molecular formula is C8H9N3O2. The minimum atomic E-state index is 0.519. The lowest BCUT2D eigenvalue weighted by molar-refractivity contribution is 0.182. The highest BCUT2D eigenvalue weighted by atomic mass is 16.5. The van der Waals surface area contributed by atoms with E-state index >= 15 is 0 Å². The van der Waals surface area contributed by atoms with Crippen molar-refractivity contribution < 1.29 is 9.26 Å². The highest BCUT2D eigenvalue weighted by molar-refractivity contribution is 5.47. The molecular weight excluding hydrogens is 170 g/mol. The second-order valence-electron chi connectivity index (χ2n) is 2.57. The molecule has 5 nitrogen and oxygen atoms in total. The van der Waals surface area contributed by atoms with Gasteiger partial charge in [-0.15, -0.1) is 0 Å². The SMILES string of the molecule is COCc1cnc(-c2ccon2)[nH]1. The van der Waals surface area contributed by atoms with Crippen molar-refractivity contribution in [2.45, 2.75) is 6.61 Å². The monoisotopic (exact) mass is 179 g/mol. The number of rotatable bonds is 3. The van der Waals surface area contributed by atoms with E-state index in [1.807, 2.05) is 0 Å². The minimum Gasteiger partial charge on any atom is -0.378 e. The molecule has 5 heteroatoms. The molecule has 0 fully saturated rings. The van der Waals surface area contributed by atoms with Crippen LogP contribution in [0.4, 0.5) is 0 Å². The van der Waals surface area contributed by atoms with E-state index in [-0.39, 0.29) is 0 Å². The number of aromatic amines is 1. The smallest absolute Gasteiger partial charge is 0.159 e. The Hall–Kier alpha value is -1.62. The summed E-state index contributed by atoms with van der Waals surface area (Å²) in [7, 11) is 1.64. The molecule has 68 valence electrons. The van der Waals surface area contributed by atoms with Crippen LogP contribution >= 0.6 is 0 Å². The summed E-state index contributed by atoms with van der Waals surface area (Å²) in [6.07, 6.45) is 3.22. The molecule has 0 unspecified atom stereocenters. The molecule has 13 heavy (non-hydrogen) atoms. The molecule has 0 amide bonds. The second kappa shape index (κ2) is 3.40. The molecule has 0 saturated heterocycles. The van der Waals surface area contributed by atoms with Crippen LogP contribution in [0.2, 0.25) is 0 Å². The largest absolute Gasteiger partial charge is 0.378 e. The average molecular weight is 179 g/mol. The Bertz CT molecular complexity index is 366. The Morgan fingerprint density at radius 1 is 1.62 bits per heavy atom. The zero-order valence-electron chi connectivity index (χ0n) is 7.15. The van der Waals surface area contributed by atoms with Crippen molar-refractivity contribution in [2.24, 2.45) is 0 Å². The van der Waals surface area contributed by atoms with Gasteiger partial charge >= 0.3 is 0 Å². The van der Waals surface area contributed by atoms with E-state index in [1.54, 1.807) is 19.4 Å². The lowest BCUT2D eigenvalue weighted by Gasteiger charge is -1.91. The van der Waals surface area contributed by atoms with Gasteiger partial charge in [-0.2, -0.15) is 0 Å². The fraction of sp³-hybridized carbons (Fsp3) is 0.250. The van der Waals surface area contributed by atoms with Crippen LogP contribution in [0, 0.1) is 0 Å². The molecule has 0 aliphatic carbocycles. The lowest BCUT2D eigenvalue weighted by Crippen LogP contribution is -1.86. The van der Waals surface area contributed by atoms with Crippen molar-refractivity contribution >= 4 is 0 Å². The quantitative estimate of drug-likeness (QED) is 0.769. The van der Waals surface area contributed by atoms with Crippen molar-refractivity contribution in [2.75, 3.05) is 7.11 Å². The minimum absolute atomic E-state index is 0.519. The molecule has 0 aliphatic heterocycles. The number of H-pyrrole nitrogens is 1. The molecule has 2 aromatic rings. The molecule has 0 aromatic carbocycles. The first-order valence-electron chi connectivity index (χ1n) is 3.83. The van der Waals surface area contributed by atoms with Crippen LogP contribution in [-0.4, -0.2) is 22.2 Å². The zero-order chi connectivity index (χ0) is 9.10. The van der Waals surface area contributed by atoms with E-state index in [0.717, 1.165) is 5.69 Å². The Balaban J connectivity index is 2.23. The molecule has 1 N–H and O–H groups in total. The zero-order valence-corrected chi connectivity index (χ0v) is 7.15. The van der Waals surface area contributed by atoms with Crippen LogP contribution in [0.15, 0.2) is 23.0 Å². The van der Waals surface area contributed by atoms with Gasteiger partial charge in [0.25, 0.3) is 0 Å². The van der Waals surface area contributed by atoms with Gasteiger partial charge in [-0.1, -0.05) is 5.16 Å². The van der Waals surface area contributed by atoms with Crippen molar-refractivity contribution in [3.8, 4) is 11.5 Å². The van der Waals surface area contributed by atoms with E-state index in [4.69, 9.17) is 9.26 Å². The van der Waals surface area contributed by atoms with Gasteiger partial charge in [0.05, 0.1) is 18.5 Å². The van der Waals surface area contributed by atoms with Gasteiger partial charge in [-0.05, 0) is 0 Å². The number of hydrogen-bond acceptors (Lipinski definition) is 4. The number of nitrogens with one attached hydrogen (secondary N) is 1. The van der Waals surface area contributed by atoms with Crippen LogP contribution in [-0.2, 0) is 11.3 Å². The second-order valence-corrected chi connectivity index (χ2v) is 2.57. The summed E-state index contributed by atoms with van der Waals surface area (Å²) in [5.41, 5.74) is 1.61. The van der Waals surface area contributed by atoms with E-state index in [1.165, 1.54) is 6.26 Å². The third kappa shape index (κ3) is 1.59. The van der Waals surface area contributed by atoms with Crippen molar-refractivity contribution in [1.82, 2.24) is 15.1 Å². The van der Waals surface area contributed by atoms with E-state index in [0.29, 0.717) is 18.1 Å². The maximum absolute atomic E-state index is 4.94. The van der Waals surface area contributed by atoms with Gasteiger partial charge in [0.2, 0.25) is 0 Å². The first-order valence-corrected chi connectivity index (χ1v) is 3.83. The lowest BCUT2D eigenvalue weighted by atomic mass is 10.4. The fourth-order valence-electron chi connectivity index (χ4n) is 1.05. The average Bonchev–Trinajstić information content (AvgIpc) is 2.70. The topological polar surface area (TPSA) is 63.9 Å². The van der Waals surface area contributed by atoms with Crippen LogP contribution < -0.4 is 0 Å². The standard InChI is InChI=1S/C8H9N3O2/c1-12-5-6-4-9-8(10-6)7-2-3-13-11-7/h2-4H,5H2,1H3,(H,9,10). The van der Waals surface area contributed by atoms with E-state index < -0.39 is 0 Å².